The average molecular weight is 324 g/mol. The van der Waals surface area contributed by atoms with Crippen molar-refractivity contribution in [3.05, 3.63) is 59.7 Å². The van der Waals surface area contributed by atoms with Gasteiger partial charge in [0.15, 0.2) is 0 Å². The molecule has 0 fully saturated rings. The monoisotopic (exact) mass is 324 g/mol. The molecule has 0 N–H and O–H groups in total. The van der Waals surface area contributed by atoms with E-state index in [0.717, 1.165) is 17.7 Å². The van der Waals surface area contributed by atoms with E-state index < -0.39 is 6.36 Å². The number of hydrogen-bond acceptors (Lipinski definition) is 3. The van der Waals surface area contributed by atoms with Gasteiger partial charge in [-0.05, 0) is 29.3 Å². The molecule has 1 aliphatic heterocycles. The minimum atomic E-state index is -4.69. The normalized spacial score (nSPS) is 17.3. The molecule has 122 valence electrons. The lowest BCUT2D eigenvalue weighted by Crippen LogP contribution is -2.28. The predicted octanol–water partition coefficient (Wildman–Crippen LogP) is 4.11. The van der Waals surface area contributed by atoms with Gasteiger partial charge in [-0.2, -0.15) is 0 Å². The maximum Gasteiger partial charge on any atom is 0.573 e. The maximum absolute atomic E-state index is 12.2. The Kier molecular flexibility index (Phi) is 4.43. The van der Waals surface area contributed by atoms with Gasteiger partial charge < -0.3 is 14.2 Å². The van der Waals surface area contributed by atoms with Crippen molar-refractivity contribution in [3.8, 4) is 11.5 Å². The van der Waals surface area contributed by atoms with Gasteiger partial charge >= 0.3 is 6.36 Å². The summed E-state index contributed by atoms with van der Waals surface area (Å²) >= 11 is 0. The van der Waals surface area contributed by atoms with Crippen LogP contribution in [0.4, 0.5) is 13.2 Å². The van der Waals surface area contributed by atoms with Crippen molar-refractivity contribution < 1.29 is 27.4 Å². The minimum Gasteiger partial charge on any atom is -0.491 e. The molecule has 1 unspecified atom stereocenters. The quantitative estimate of drug-likeness (QED) is 0.847. The van der Waals surface area contributed by atoms with Crippen LogP contribution in [0.25, 0.3) is 0 Å². The van der Waals surface area contributed by atoms with E-state index in [4.69, 9.17) is 9.47 Å². The highest BCUT2D eigenvalue weighted by molar-refractivity contribution is 5.35. The molecule has 2 aromatic rings. The second-order valence-corrected chi connectivity index (χ2v) is 5.25. The summed E-state index contributed by atoms with van der Waals surface area (Å²) in [5.41, 5.74) is 1.68. The molecule has 0 spiro atoms. The Balaban J connectivity index is 1.58. The third-order valence-corrected chi connectivity index (χ3v) is 3.46. The fourth-order valence-corrected chi connectivity index (χ4v) is 2.45. The Morgan fingerprint density at radius 1 is 1.09 bits per heavy atom. The number of ether oxygens (including phenoxy) is 3. The molecule has 1 heterocycles. The Bertz CT molecular complexity index is 670. The van der Waals surface area contributed by atoms with Gasteiger partial charge in [0.1, 0.15) is 18.1 Å². The van der Waals surface area contributed by atoms with Gasteiger partial charge in [0.2, 0.25) is 0 Å². The molecule has 1 aliphatic rings. The molecular weight excluding hydrogens is 309 g/mol. The number of hydrogen-bond donors (Lipinski definition) is 0. The van der Waals surface area contributed by atoms with E-state index in [1.807, 2.05) is 24.3 Å². The van der Waals surface area contributed by atoms with Gasteiger partial charge in [-0.1, -0.05) is 30.3 Å². The highest BCUT2D eigenvalue weighted by Crippen LogP contribution is 2.26. The zero-order valence-electron chi connectivity index (χ0n) is 12.2. The van der Waals surface area contributed by atoms with Crippen molar-refractivity contribution in [3.63, 3.8) is 0 Å². The van der Waals surface area contributed by atoms with Crippen molar-refractivity contribution in [2.45, 2.75) is 25.5 Å². The van der Waals surface area contributed by atoms with Crippen molar-refractivity contribution in [2.75, 3.05) is 6.61 Å². The van der Waals surface area contributed by atoms with Gasteiger partial charge in [-0.15, -0.1) is 13.2 Å². The first-order valence-corrected chi connectivity index (χ1v) is 7.16. The van der Waals surface area contributed by atoms with E-state index in [2.05, 4.69) is 4.74 Å². The molecule has 0 saturated carbocycles. The standard InChI is InChI=1S/C17H15F3O3/c18-17(19,20)23-14-6-3-4-12(8-14)10-21-15-9-13-5-1-2-7-16(13)22-11-15/h1-8,15H,9-11H2. The lowest BCUT2D eigenvalue weighted by atomic mass is 10.0. The Hall–Kier alpha value is -2.21. The topological polar surface area (TPSA) is 27.7 Å². The molecule has 23 heavy (non-hydrogen) atoms. The van der Waals surface area contributed by atoms with Gasteiger partial charge in [0.25, 0.3) is 0 Å². The second-order valence-electron chi connectivity index (χ2n) is 5.25. The van der Waals surface area contributed by atoms with Gasteiger partial charge in [-0.3, -0.25) is 0 Å². The molecule has 0 radical (unpaired) electrons. The summed E-state index contributed by atoms with van der Waals surface area (Å²) in [6.07, 6.45) is -4.10. The zero-order chi connectivity index (χ0) is 16.3. The Labute approximate surface area is 131 Å². The van der Waals surface area contributed by atoms with Gasteiger partial charge in [0.05, 0.1) is 12.7 Å². The van der Waals surface area contributed by atoms with Crippen LogP contribution in [0.2, 0.25) is 0 Å². The van der Waals surface area contributed by atoms with E-state index in [1.54, 1.807) is 6.07 Å². The zero-order valence-corrected chi connectivity index (χ0v) is 12.2. The summed E-state index contributed by atoms with van der Waals surface area (Å²) in [5.74, 6) is 0.608. The van der Waals surface area contributed by atoms with E-state index in [-0.39, 0.29) is 18.5 Å². The molecule has 2 aromatic carbocycles. The molecule has 6 heteroatoms. The molecule has 0 amide bonds. The van der Waals surface area contributed by atoms with Crippen LogP contribution in [0.3, 0.4) is 0 Å². The molecule has 3 nitrogen and oxygen atoms in total. The molecule has 0 aliphatic carbocycles. The summed E-state index contributed by atoms with van der Waals surface area (Å²) < 4.78 is 51.9. The highest BCUT2D eigenvalue weighted by Gasteiger charge is 2.31. The molecular formula is C17H15F3O3. The molecule has 0 saturated heterocycles. The number of halogens is 3. The number of fused-ring (bicyclic) bond motifs is 1. The van der Waals surface area contributed by atoms with Crippen molar-refractivity contribution in [1.82, 2.24) is 0 Å². The third kappa shape index (κ3) is 4.39. The lowest BCUT2D eigenvalue weighted by Gasteiger charge is -2.25. The second kappa shape index (κ2) is 6.50. The van der Waals surface area contributed by atoms with Crippen molar-refractivity contribution in [2.24, 2.45) is 0 Å². The summed E-state index contributed by atoms with van der Waals surface area (Å²) in [6.45, 7) is 0.626. The van der Waals surface area contributed by atoms with Gasteiger partial charge in [0, 0.05) is 6.42 Å². The van der Waals surface area contributed by atoms with Crippen molar-refractivity contribution in [1.29, 1.82) is 0 Å². The first-order chi connectivity index (χ1) is 11.0. The first kappa shape index (κ1) is 15.7. The van der Waals surface area contributed by atoms with E-state index in [0.29, 0.717) is 12.2 Å². The molecule has 1 atom stereocenters. The smallest absolute Gasteiger partial charge is 0.491 e. The first-order valence-electron chi connectivity index (χ1n) is 7.16. The SMILES string of the molecule is FC(F)(F)Oc1cccc(COC2COc3ccccc3C2)c1. The molecule has 3 rings (SSSR count). The van der Waals surface area contributed by atoms with Crippen LogP contribution >= 0.6 is 0 Å². The summed E-state index contributed by atoms with van der Waals surface area (Å²) in [5, 5.41) is 0. The Morgan fingerprint density at radius 3 is 2.74 bits per heavy atom. The molecule has 0 aromatic heterocycles. The van der Waals surface area contributed by atoms with E-state index in [9.17, 15) is 13.2 Å². The summed E-state index contributed by atoms with van der Waals surface area (Å²) in [7, 11) is 0. The lowest BCUT2D eigenvalue weighted by molar-refractivity contribution is -0.274. The van der Waals surface area contributed by atoms with Crippen LogP contribution in [-0.4, -0.2) is 19.1 Å². The van der Waals surface area contributed by atoms with Gasteiger partial charge in [-0.25, -0.2) is 0 Å². The minimum absolute atomic E-state index is 0.128. The van der Waals surface area contributed by atoms with E-state index >= 15 is 0 Å². The fraction of sp³-hybridized carbons (Fsp3) is 0.294. The highest BCUT2D eigenvalue weighted by atomic mass is 19.4. The van der Waals surface area contributed by atoms with Crippen molar-refractivity contribution >= 4 is 0 Å². The number of rotatable bonds is 4. The number of alkyl halides is 3. The van der Waals surface area contributed by atoms with E-state index in [1.165, 1.54) is 18.2 Å². The van der Waals surface area contributed by atoms with Crippen LogP contribution in [0.15, 0.2) is 48.5 Å². The third-order valence-electron chi connectivity index (χ3n) is 3.46. The maximum atomic E-state index is 12.2. The number of benzene rings is 2. The van der Waals surface area contributed by atoms with Crippen LogP contribution < -0.4 is 9.47 Å². The van der Waals surface area contributed by atoms with Crippen LogP contribution in [-0.2, 0) is 17.8 Å². The van der Waals surface area contributed by atoms with Crippen LogP contribution in [0.5, 0.6) is 11.5 Å². The number of para-hydroxylation sites is 1. The fourth-order valence-electron chi connectivity index (χ4n) is 2.45. The van der Waals surface area contributed by atoms with Crippen LogP contribution in [0, 0.1) is 0 Å². The molecule has 0 bridgehead atoms. The average Bonchev–Trinajstić information content (AvgIpc) is 2.51. The predicted molar refractivity (Wildman–Crippen MR) is 77.3 cm³/mol. The largest absolute Gasteiger partial charge is 0.573 e. The summed E-state index contributed by atoms with van der Waals surface area (Å²) in [4.78, 5) is 0. The van der Waals surface area contributed by atoms with Crippen LogP contribution in [0.1, 0.15) is 11.1 Å². The Morgan fingerprint density at radius 2 is 1.91 bits per heavy atom. The summed E-state index contributed by atoms with van der Waals surface area (Å²) in [6, 6.07) is 13.5.